The number of para-hydroxylation sites is 1. The zero-order valence-electron chi connectivity index (χ0n) is 16.2. The molecule has 0 aliphatic rings. The molecule has 0 atom stereocenters. The van der Waals surface area contributed by atoms with Gasteiger partial charge in [0.05, 0.1) is 29.0 Å². The SMILES string of the molecule is CC(C)CCOc1ccccc1-c1cc(-c2ccc3[nH]c(=O)[nH]c3c2)nc(Cl)n1. The molecule has 0 bridgehead atoms. The Morgan fingerprint density at radius 3 is 2.59 bits per heavy atom. The van der Waals surface area contributed by atoms with Gasteiger partial charge < -0.3 is 14.7 Å². The first-order chi connectivity index (χ1) is 14.0. The molecule has 0 amide bonds. The number of H-pyrrole nitrogens is 2. The Morgan fingerprint density at radius 2 is 1.76 bits per heavy atom. The molecule has 2 heterocycles. The maximum atomic E-state index is 11.5. The van der Waals surface area contributed by atoms with Crippen molar-refractivity contribution < 1.29 is 4.74 Å². The van der Waals surface area contributed by atoms with E-state index in [0.29, 0.717) is 29.4 Å². The number of aromatic amines is 2. The van der Waals surface area contributed by atoms with E-state index in [1.807, 2.05) is 48.5 Å². The van der Waals surface area contributed by atoms with Crippen LogP contribution in [0.2, 0.25) is 5.28 Å². The second kappa shape index (κ2) is 8.09. The first kappa shape index (κ1) is 19.2. The number of fused-ring (bicyclic) bond motifs is 1. The summed E-state index contributed by atoms with van der Waals surface area (Å²) in [5, 5.41) is 0.150. The minimum absolute atomic E-state index is 0.150. The van der Waals surface area contributed by atoms with E-state index in [1.54, 1.807) is 0 Å². The van der Waals surface area contributed by atoms with Crippen LogP contribution in [0, 0.1) is 5.92 Å². The van der Waals surface area contributed by atoms with Gasteiger partial charge in [-0.15, -0.1) is 0 Å². The minimum atomic E-state index is -0.244. The number of nitrogens with one attached hydrogen (secondary N) is 2. The van der Waals surface area contributed by atoms with Crippen molar-refractivity contribution in [2.24, 2.45) is 5.92 Å². The first-order valence-corrected chi connectivity index (χ1v) is 9.86. The molecule has 148 valence electrons. The molecule has 29 heavy (non-hydrogen) atoms. The molecule has 2 N–H and O–H groups in total. The number of benzene rings is 2. The molecule has 0 saturated carbocycles. The van der Waals surface area contributed by atoms with Gasteiger partial charge in [-0.2, -0.15) is 0 Å². The summed E-state index contributed by atoms with van der Waals surface area (Å²) in [5.41, 5.74) is 4.24. The van der Waals surface area contributed by atoms with Crippen molar-refractivity contribution in [3.8, 4) is 28.3 Å². The zero-order chi connectivity index (χ0) is 20.4. The Balaban J connectivity index is 1.73. The number of hydrogen-bond donors (Lipinski definition) is 2. The van der Waals surface area contributed by atoms with Crippen LogP contribution in [0.3, 0.4) is 0 Å². The summed E-state index contributed by atoms with van der Waals surface area (Å²) in [7, 11) is 0. The molecule has 4 rings (SSSR count). The number of imidazole rings is 1. The molecular weight excluding hydrogens is 388 g/mol. The third kappa shape index (κ3) is 4.32. The van der Waals surface area contributed by atoms with Crippen molar-refractivity contribution in [1.82, 2.24) is 19.9 Å². The minimum Gasteiger partial charge on any atom is -0.493 e. The average Bonchev–Trinajstić information content (AvgIpc) is 3.06. The van der Waals surface area contributed by atoms with E-state index >= 15 is 0 Å². The van der Waals surface area contributed by atoms with Crippen LogP contribution < -0.4 is 10.4 Å². The smallest absolute Gasteiger partial charge is 0.323 e. The molecule has 0 radical (unpaired) electrons. The maximum absolute atomic E-state index is 11.5. The second-order valence-corrected chi connectivity index (χ2v) is 7.61. The predicted octanol–water partition coefficient (Wildman–Crippen LogP) is 5.06. The van der Waals surface area contributed by atoms with E-state index in [9.17, 15) is 4.79 Å². The summed E-state index contributed by atoms with van der Waals surface area (Å²) in [6.45, 7) is 4.97. The first-order valence-electron chi connectivity index (χ1n) is 9.49. The number of rotatable bonds is 6. The highest BCUT2D eigenvalue weighted by atomic mass is 35.5. The molecule has 0 unspecified atom stereocenters. The number of hydrogen-bond acceptors (Lipinski definition) is 4. The van der Waals surface area contributed by atoms with Crippen LogP contribution in [0.25, 0.3) is 33.5 Å². The Kier molecular flexibility index (Phi) is 5.36. The summed E-state index contributed by atoms with van der Waals surface area (Å²) in [6, 6.07) is 15.2. The lowest BCUT2D eigenvalue weighted by Crippen LogP contribution is -2.03. The van der Waals surface area contributed by atoms with Crippen molar-refractivity contribution in [2.75, 3.05) is 6.61 Å². The van der Waals surface area contributed by atoms with Crippen molar-refractivity contribution >= 4 is 22.6 Å². The van der Waals surface area contributed by atoms with Gasteiger partial charge >= 0.3 is 5.69 Å². The van der Waals surface area contributed by atoms with E-state index in [0.717, 1.165) is 28.8 Å². The van der Waals surface area contributed by atoms with Gasteiger partial charge in [0.25, 0.3) is 0 Å². The van der Waals surface area contributed by atoms with Crippen molar-refractivity contribution in [3.63, 3.8) is 0 Å². The van der Waals surface area contributed by atoms with E-state index in [-0.39, 0.29) is 11.0 Å². The van der Waals surface area contributed by atoms with Crippen LogP contribution in [0.1, 0.15) is 20.3 Å². The number of halogens is 1. The number of aromatic nitrogens is 4. The fourth-order valence-electron chi connectivity index (χ4n) is 3.10. The number of nitrogens with zero attached hydrogens (tertiary/aromatic N) is 2. The van der Waals surface area contributed by atoms with Crippen molar-refractivity contribution in [2.45, 2.75) is 20.3 Å². The number of ether oxygens (including phenoxy) is 1. The van der Waals surface area contributed by atoms with Gasteiger partial charge in [0.15, 0.2) is 0 Å². The fraction of sp³-hybridized carbons (Fsp3) is 0.227. The standard InChI is InChI=1S/C22H21ClN4O2/c1-13(2)9-10-29-20-6-4-3-5-15(20)18-12-17(24-21(23)25-18)14-7-8-16-19(11-14)27-22(28)26-16/h3-8,11-13H,9-10H2,1-2H3,(H2,26,27,28). The van der Waals surface area contributed by atoms with Gasteiger partial charge in [-0.1, -0.05) is 32.0 Å². The monoisotopic (exact) mass is 408 g/mol. The topological polar surface area (TPSA) is 83.7 Å². The summed E-state index contributed by atoms with van der Waals surface area (Å²) in [4.78, 5) is 25.8. The molecule has 7 heteroatoms. The summed E-state index contributed by atoms with van der Waals surface area (Å²) in [6.07, 6.45) is 0.971. The fourth-order valence-corrected chi connectivity index (χ4v) is 3.29. The van der Waals surface area contributed by atoms with Crippen molar-refractivity contribution in [1.29, 1.82) is 0 Å². The van der Waals surface area contributed by atoms with Crippen LogP contribution in [-0.2, 0) is 0 Å². The maximum Gasteiger partial charge on any atom is 0.323 e. The van der Waals surface area contributed by atoms with E-state index in [2.05, 4.69) is 33.8 Å². The summed E-state index contributed by atoms with van der Waals surface area (Å²) < 4.78 is 6.00. The lowest BCUT2D eigenvalue weighted by atomic mass is 10.1. The highest BCUT2D eigenvalue weighted by molar-refractivity contribution is 6.28. The van der Waals surface area contributed by atoms with Crippen LogP contribution in [0.4, 0.5) is 0 Å². The second-order valence-electron chi connectivity index (χ2n) is 7.27. The molecule has 2 aromatic carbocycles. The highest BCUT2D eigenvalue weighted by Crippen LogP contribution is 2.32. The highest BCUT2D eigenvalue weighted by Gasteiger charge is 2.13. The van der Waals surface area contributed by atoms with Crippen LogP contribution in [0.5, 0.6) is 5.75 Å². The third-order valence-electron chi connectivity index (χ3n) is 4.63. The van der Waals surface area contributed by atoms with Gasteiger partial charge in [0.2, 0.25) is 5.28 Å². The molecule has 0 aliphatic heterocycles. The predicted molar refractivity (Wildman–Crippen MR) is 115 cm³/mol. The average molecular weight is 409 g/mol. The van der Waals surface area contributed by atoms with Gasteiger partial charge in [-0.3, -0.25) is 0 Å². The lowest BCUT2D eigenvalue weighted by Gasteiger charge is -2.13. The van der Waals surface area contributed by atoms with Gasteiger partial charge in [0, 0.05) is 11.1 Å². The van der Waals surface area contributed by atoms with Gasteiger partial charge in [-0.05, 0) is 54.3 Å². The molecule has 0 fully saturated rings. The van der Waals surface area contributed by atoms with Crippen LogP contribution >= 0.6 is 11.6 Å². The van der Waals surface area contributed by atoms with Crippen LogP contribution in [-0.4, -0.2) is 26.5 Å². The molecule has 4 aromatic rings. The molecule has 0 spiro atoms. The molecule has 2 aromatic heterocycles. The Labute approximate surface area is 172 Å². The van der Waals surface area contributed by atoms with E-state index in [1.165, 1.54) is 0 Å². The summed E-state index contributed by atoms with van der Waals surface area (Å²) in [5.74, 6) is 1.33. The van der Waals surface area contributed by atoms with Crippen molar-refractivity contribution in [3.05, 3.63) is 64.3 Å². The normalized spacial score (nSPS) is 11.3. The molecular formula is C22H21ClN4O2. The Hall–Kier alpha value is -3.12. The Morgan fingerprint density at radius 1 is 1.00 bits per heavy atom. The van der Waals surface area contributed by atoms with E-state index in [4.69, 9.17) is 16.3 Å². The van der Waals surface area contributed by atoms with E-state index < -0.39 is 0 Å². The zero-order valence-corrected chi connectivity index (χ0v) is 17.0. The molecule has 0 saturated heterocycles. The largest absolute Gasteiger partial charge is 0.493 e. The Bertz CT molecular complexity index is 1210. The third-order valence-corrected chi connectivity index (χ3v) is 4.80. The van der Waals surface area contributed by atoms with Gasteiger partial charge in [-0.25, -0.2) is 14.8 Å². The molecule has 0 aliphatic carbocycles. The lowest BCUT2D eigenvalue weighted by molar-refractivity contribution is 0.290. The quantitative estimate of drug-likeness (QED) is 0.437. The molecule has 6 nitrogen and oxygen atoms in total. The van der Waals surface area contributed by atoms with Gasteiger partial charge in [0.1, 0.15) is 5.75 Å². The van der Waals surface area contributed by atoms with Crippen LogP contribution in [0.15, 0.2) is 53.3 Å². The summed E-state index contributed by atoms with van der Waals surface area (Å²) >= 11 is 6.24.